The van der Waals surface area contributed by atoms with E-state index < -0.39 is 0 Å². The monoisotopic (exact) mass is 318 g/mol. The zero-order valence-electron chi connectivity index (χ0n) is 14.5. The minimum Gasteiger partial charge on any atom is -0.508 e. The van der Waals surface area contributed by atoms with Gasteiger partial charge in [0.2, 0.25) is 0 Å². The molecule has 122 valence electrons. The molecule has 1 N–H and O–H groups in total. The summed E-state index contributed by atoms with van der Waals surface area (Å²) in [4.78, 5) is 0. The molecular formula is C21H22N2O. The molecule has 2 aliphatic rings. The van der Waals surface area contributed by atoms with Gasteiger partial charge in [-0.1, -0.05) is 32.0 Å². The molecule has 0 saturated heterocycles. The lowest BCUT2D eigenvalue weighted by Gasteiger charge is -2.03. The van der Waals surface area contributed by atoms with Crippen LogP contribution in [-0.4, -0.2) is 5.11 Å². The topological polar surface area (TPSA) is 45.0 Å². The van der Waals surface area contributed by atoms with Crippen LogP contribution in [0, 0.1) is 13.8 Å². The summed E-state index contributed by atoms with van der Waals surface area (Å²) in [5.41, 5.74) is 7.74. The minimum atomic E-state index is 0.229. The number of phenolic OH excluding ortho intramolecular Hbond substituents is 1. The molecule has 0 radical (unpaired) electrons. The second kappa shape index (κ2) is 6.44. The molecule has 3 nitrogen and oxygen atoms in total. The smallest absolute Gasteiger partial charge is 0.115 e. The molecule has 0 atom stereocenters. The van der Waals surface area contributed by atoms with E-state index in [-0.39, 0.29) is 5.75 Å². The van der Waals surface area contributed by atoms with Crippen LogP contribution in [0.4, 0.5) is 11.4 Å². The summed E-state index contributed by atoms with van der Waals surface area (Å²) in [6, 6.07) is 15.4. The van der Waals surface area contributed by atoms with Crippen LogP contribution in [0.5, 0.6) is 5.75 Å². The van der Waals surface area contributed by atoms with E-state index >= 15 is 0 Å². The number of azo groups is 1. The number of hydrogen-bond donors (Lipinski definition) is 1. The van der Waals surface area contributed by atoms with Gasteiger partial charge in [0.15, 0.2) is 0 Å². The highest BCUT2D eigenvalue weighted by atomic mass is 16.3. The summed E-state index contributed by atoms with van der Waals surface area (Å²) in [5, 5.41) is 18.1. The normalized spacial score (nSPS) is 11.7. The Morgan fingerprint density at radius 1 is 0.833 bits per heavy atom. The van der Waals surface area contributed by atoms with Crippen LogP contribution in [0.25, 0.3) is 11.1 Å². The van der Waals surface area contributed by atoms with Crippen molar-refractivity contribution in [3.8, 4) is 16.9 Å². The first kappa shape index (κ1) is 16.2. The SMILES string of the molecule is Cc1cc(N=Nc2ccc(O)cc2)c2c(C)ccc(C(C)C)cc1-2. The summed E-state index contributed by atoms with van der Waals surface area (Å²) in [5.74, 6) is 0.712. The van der Waals surface area contributed by atoms with Crippen molar-refractivity contribution in [3.63, 3.8) is 0 Å². The Morgan fingerprint density at radius 2 is 1.54 bits per heavy atom. The molecule has 0 spiro atoms. The first-order valence-corrected chi connectivity index (χ1v) is 8.20. The molecule has 1 aromatic carbocycles. The fourth-order valence-corrected chi connectivity index (χ4v) is 2.88. The molecule has 3 heteroatoms. The maximum absolute atomic E-state index is 9.35. The second-order valence-corrected chi connectivity index (χ2v) is 6.53. The van der Waals surface area contributed by atoms with Crippen molar-refractivity contribution in [1.82, 2.24) is 0 Å². The molecule has 0 aromatic heterocycles. The van der Waals surface area contributed by atoms with E-state index in [1.807, 2.05) is 0 Å². The number of aryl methyl sites for hydroxylation is 2. The van der Waals surface area contributed by atoms with E-state index in [2.05, 4.69) is 62.2 Å². The third-order valence-corrected chi connectivity index (χ3v) is 4.32. The van der Waals surface area contributed by atoms with E-state index in [1.165, 1.54) is 22.3 Å². The Labute approximate surface area is 143 Å². The highest BCUT2D eigenvalue weighted by molar-refractivity contribution is 5.85. The van der Waals surface area contributed by atoms with Gasteiger partial charge in [-0.25, -0.2) is 0 Å². The third-order valence-electron chi connectivity index (χ3n) is 4.32. The Hall–Kier alpha value is -2.68. The van der Waals surface area contributed by atoms with Crippen molar-refractivity contribution in [3.05, 3.63) is 65.2 Å². The zero-order chi connectivity index (χ0) is 17.3. The number of phenols is 1. The first-order chi connectivity index (χ1) is 11.5. The van der Waals surface area contributed by atoms with Crippen molar-refractivity contribution in [2.24, 2.45) is 10.2 Å². The van der Waals surface area contributed by atoms with E-state index in [9.17, 15) is 5.11 Å². The Kier molecular flexibility index (Phi) is 4.34. The second-order valence-electron chi connectivity index (χ2n) is 6.53. The molecule has 24 heavy (non-hydrogen) atoms. The fraction of sp³-hybridized carbons (Fsp3) is 0.238. The van der Waals surface area contributed by atoms with E-state index in [4.69, 9.17) is 0 Å². The molecule has 0 fully saturated rings. The number of nitrogens with zero attached hydrogens (tertiary/aromatic N) is 2. The average Bonchev–Trinajstić information content (AvgIpc) is 2.74. The quantitative estimate of drug-likeness (QED) is 0.540. The van der Waals surface area contributed by atoms with Crippen molar-refractivity contribution >= 4 is 11.4 Å². The van der Waals surface area contributed by atoms with Crippen molar-refractivity contribution in [1.29, 1.82) is 0 Å². The molecule has 0 aliphatic heterocycles. The number of rotatable bonds is 3. The summed E-state index contributed by atoms with van der Waals surface area (Å²) >= 11 is 0. The van der Waals surface area contributed by atoms with Gasteiger partial charge in [0.1, 0.15) is 5.75 Å². The number of benzene rings is 1. The lowest BCUT2D eigenvalue weighted by atomic mass is 10.0. The molecule has 0 amide bonds. The molecule has 3 rings (SSSR count). The van der Waals surface area contributed by atoms with Crippen LogP contribution >= 0.6 is 0 Å². The van der Waals surface area contributed by atoms with Crippen molar-refractivity contribution in [2.75, 3.05) is 0 Å². The lowest BCUT2D eigenvalue weighted by Crippen LogP contribution is -1.83. The first-order valence-electron chi connectivity index (χ1n) is 8.20. The molecular weight excluding hydrogens is 296 g/mol. The molecule has 0 unspecified atom stereocenters. The van der Waals surface area contributed by atoms with Crippen LogP contribution < -0.4 is 0 Å². The van der Waals surface area contributed by atoms with Gasteiger partial charge in [-0.3, -0.25) is 0 Å². The Bertz CT molecular complexity index is 864. The number of fused-ring (bicyclic) bond motifs is 1. The van der Waals surface area contributed by atoms with Gasteiger partial charge in [-0.05, 0) is 72.4 Å². The lowest BCUT2D eigenvalue weighted by molar-refractivity contribution is 0.475. The van der Waals surface area contributed by atoms with Crippen molar-refractivity contribution < 1.29 is 5.11 Å². The summed E-state index contributed by atoms with van der Waals surface area (Å²) in [6.45, 7) is 8.65. The average molecular weight is 318 g/mol. The largest absolute Gasteiger partial charge is 0.508 e. The molecule has 0 bridgehead atoms. The highest BCUT2D eigenvalue weighted by Gasteiger charge is 2.16. The van der Waals surface area contributed by atoms with Gasteiger partial charge in [-0.15, -0.1) is 5.11 Å². The van der Waals surface area contributed by atoms with Gasteiger partial charge in [0.05, 0.1) is 11.4 Å². The predicted molar refractivity (Wildman–Crippen MR) is 98.9 cm³/mol. The van der Waals surface area contributed by atoms with Crippen LogP contribution in [0.1, 0.15) is 36.5 Å². The Balaban J connectivity index is 2.06. The van der Waals surface area contributed by atoms with Gasteiger partial charge in [-0.2, -0.15) is 5.11 Å². The number of hydrogen-bond acceptors (Lipinski definition) is 3. The third kappa shape index (κ3) is 3.16. The summed E-state index contributed by atoms with van der Waals surface area (Å²) in [6.07, 6.45) is 0. The molecule has 0 heterocycles. The summed E-state index contributed by atoms with van der Waals surface area (Å²) < 4.78 is 0. The Morgan fingerprint density at radius 3 is 2.21 bits per heavy atom. The molecule has 2 aliphatic carbocycles. The standard InChI is InChI=1S/C21H22N2O/c1-13(2)16-6-5-14(3)21-19(12-16)15(4)11-20(21)23-22-17-7-9-18(24)10-8-17/h5-13,24H,1-4H3. The van der Waals surface area contributed by atoms with Gasteiger partial charge in [0, 0.05) is 5.56 Å². The van der Waals surface area contributed by atoms with E-state index in [0.717, 1.165) is 16.9 Å². The predicted octanol–water partition coefficient (Wildman–Crippen LogP) is 6.65. The minimum absolute atomic E-state index is 0.229. The highest BCUT2D eigenvalue weighted by Crippen LogP contribution is 2.41. The van der Waals surface area contributed by atoms with Crippen LogP contribution in [-0.2, 0) is 0 Å². The summed E-state index contributed by atoms with van der Waals surface area (Å²) in [7, 11) is 0. The zero-order valence-corrected chi connectivity index (χ0v) is 14.5. The van der Waals surface area contributed by atoms with Crippen LogP contribution in [0.2, 0.25) is 0 Å². The molecule has 1 aromatic rings. The van der Waals surface area contributed by atoms with Gasteiger partial charge < -0.3 is 5.11 Å². The van der Waals surface area contributed by atoms with Crippen LogP contribution in [0.15, 0.2) is 58.8 Å². The molecule has 0 saturated carbocycles. The van der Waals surface area contributed by atoms with Gasteiger partial charge >= 0.3 is 0 Å². The van der Waals surface area contributed by atoms with E-state index in [0.29, 0.717) is 5.92 Å². The maximum Gasteiger partial charge on any atom is 0.115 e. The van der Waals surface area contributed by atoms with E-state index in [1.54, 1.807) is 24.3 Å². The maximum atomic E-state index is 9.35. The fourth-order valence-electron chi connectivity index (χ4n) is 2.88. The van der Waals surface area contributed by atoms with Crippen molar-refractivity contribution in [2.45, 2.75) is 33.6 Å². The number of aromatic hydroxyl groups is 1. The van der Waals surface area contributed by atoms with Gasteiger partial charge in [0.25, 0.3) is 0 Å². The van der Waals surface area contributed by atoms with Crippen LogP contribution in [0.3, 0.4) is 0 Å².